The molecule has 1 aromatic rings. The van der Waals surface area contributed by atoms with Crippen LogP contribution in [0.4, 0.5) is 8.78 Å². The number of rotatable bonds is 5. The highest BCUT2D eigenvalue weighted by atomic mass is 19.1. The molecule has 0 N–H and O–H groups in total. The van der Waals surface area contributed by atoms with Crippen LogP contribution in [0.1, 0.15) is 25.3 Å². The lowest BCUT2D eigenvalue weighted by Crippen LogP contribution is -1.93. The average molecular weight is 213 g/mol. The van der Waals surface area contributed by atoms with Crippen LogP contribution in [0, 0.1) is 11.6 Å². The van der Waals surface area contributed by atoms with E-state index in [1.165, 1.54) is 0 Å². The zero-order valence-corrected chi connectivity index (χ0v) is 8.54. The van der Waals surface area contributed by atoms with E-state index in [4.69, 9.17) is 4.84 Å². The fourth-order valence-corrected chi connectivity index (χ4v) is 0.995. The second-order valence-corrected chi connectivity index (χ2v) is 3.09. The summed E-state index contributed by atoms with van der Waals surface area (Å²) in [5, 5.41) is 3.61. The van der Waals surface area contributed by atoms with Crippen LogP contribution in [0.5, 0.6) is 0 Å². The summed E-state index contributed by atoms with van der Waals surface area (Å²) in [7, 11) is 0. The highest BCUT2D eigenvalue weighted by Gasteiger charge is 2.03. The summed E-state index contributed by atoms with van der Waals surface area (Å²) >= 11 is 0. The van der Waals surface area contributed by atoms with Gasteiger partial charge in [-0.3, -0.25) is 0 Å². The van der Waals surface area contributed by atoms with Crippen LogP contribution < -0.4 is 0 Å². The van der Waals surface area contributed by atoms with E-state index in [9.17, 15) is 8.78 Å². The molecule has 1 aromatic carbocycles. The molecule has 1 rings (SSSR count). The molecule has 0 atom stereocenters. The predicted molar refractivity (Wildman–Crippen MR) is 54.5 cm³/mol. The summed E-state index contributed by atoms with van der Waals surface area (Å²) in [5.41, 5.74) is 0.170. The zero-order chi connectivity index (χ0) is 11.1. The van der Waals surface area contributed by atoms with Gasteiger partial charge in [-0.1, -0.05) is 18.5 Å². The van der Waals surface area contributed by atoms with Gasteiger partial charge in [0.1, 0.15) is 18.2 Å². The van der Waals surface area contributed by atoms with Crippen molar-refractivity contribution in [2.75, 3.05) is 0 Å². The molecule has 0 aliphatic heterocycles. The van der Waals surface area contributed by atoms with Crippen LogP contribution >= 0.6 is 0 Å². The second-order valence-electron chi connectivity index (χ2n) is 3.09. The number of hydrogen-bond acceptors (Lipinski definition) is 2. The van der Waals surface area contributed by atoms with Crippen molar-refractivity contribution in [3.8, 4) is 0 Å². The molecule has 0 radical (unpaired) electrons. The van der Waals surface area contributed by atoms with E-state index in [1.807, 2.05) is 6.92 Å². The van der Waals surface area contributed by atoms with Gasteiger partial charge in [-0.05, 0) is 24.6 Å². The Balaban J connectivity index is 2.46. The van der Waals surface area contributed by atoms with Crippen molar-refractivity contribution in [1.29, 1.82) is 0 Å². The Hall–Kier alpha value is -1.45. The van der Waals surface area contributed by atoms with Gasteiger partial charge >= 0.3 is 0 Å². The SMILES string of the molecule is CCCC=NOCc1cc(F)ccc1F. The topological polar surface area (TPSA) is 21.6 Å². The summed E-state index contributed by atoms with van der Waals surface area (Å²) in [6, 6.07) is 3.24. The van der Waals surface area contributed by atoms with Gasteiger partial charge in [0.15, 0.2) is 0 Å². The van der Waals surface area contributed by atoms with Gasteiger partial charge in [0.05, 0.1) is 0 Å². The second kappa shape index (κ2) is 6.11. The molecule has 0 heterocycles. The first-order valence-electron chi connectivity index (χ1n) is 4.81. The fraction of sp³-hybridized carbons (Fsp3) is 0.364. The molecule has 82 valence electrons. The number of nitrogens with zero attached hydrogens (tertiary/aromatic N) is 1. The number of halogens is 2. The first-order chi connectivity index (χ1) is 7.24. The van der Waals surface area contributed by atoms with Crippen LogP contribution in [-0.4, -0.2) is 6.21 Å². The Morgan fingerprint density at radius 1 is 1.40 bits per heavy atom. The maximum atomic E-state index is 13.0. The predicted octanol–water partition coefficient (Wildman–Crippen LogP) is 3.27. The molecule has 0 saturated carbocycles. The maximum absolute atomic E-state index is 13.0. The molecule has 0 bridgehead atoms. The Morgan fingerprint density at radius 3 is 2.93 bits per heavy atom. The Labute approximate surface area is 87.6 Å². The number of unbranched alkanes of at least 4 members (excludes halogenated alkanes) is 1. The van der Waals surface area contributed by atoms with Gasteiger partial charge in [0.2, 0.25) is 0 Å². The van der Waals surface area contributed by atoms with Gasteiger partial charge < -0.3 is 4.84 Å². The Morgan fingerprint density at radius 2 is 2.20 bits per heavy atom. The fourth-order valence-electron chi connectivity index (χ4n) is 0.995. The van der Waals surface area contributed by atoms with E-state index in [2.05, 4.69) is 5.16 Å². The monoisotopic (exact) mass is 213 g/mol. The average Bonchev–Trinajstić information content (AvgIpc) is 2.23. The van der Waals surface area contributed by atoms with Crippen LogP contribution in [0.25, 0.3) is 0 Å². The van der Waals surface area contributed by atoms with Crippen molar-refractivity contribution in [2.24, 2.45) is 5.16 Å². The molecule has 2 nitrogen and oxygen atoms in total. The molecule has 0 unspecified atom stereocenters. The lowest BCUT2D eigenvalue weighted by Gasteiger charge is -2.01. The van der Waals surface area contributed by atoms with Gasteiger partial charge in [-0.25, -0.2) is 8.78 Å². The molecule has 0 aliphatic carbocycles. The van der Waals surface area contributed by atoms with Gasteiger partial charge in [-0.2, -0.15) is 0 Å². The highest BCUT2D eigenvalue weighted by Crippen LogP contribution is 2.10. The lowest BCUT2D eigenvalue weighted by atomic mass is 10.2. The lowest BCUT2D eigenvalue weighted by molar-refractivity contribution is 0.128. The first-order valence-corrected chi connectivity index (χ1v) is 4.81. The van der Waals surface area contributed by atoms with E-state index in [0.29, 0.717) is 0 Å². The molecule has 15 heavy (non-hydrogen) atoms. The highest BCUT2D eigenvalue weighted by molar-refractivity contribution is 5.55. The third-order valence-corrected chi connectivity index (χ3v) is 1.79. The van der Waals surface area contributed by atoms with Gasteiger partial charge in [0, 0.05) is 11.8 Å². The van der Waals surface area contributed by atoms with E-state index in [0.717, 1.165) is 31.0 Å². The van der Waals surface area contributed by atoms with Crippen molar-refractivity contribution in [1.82, 2.24) is 0 Å². The van der Waals surface area contributed by atoms with Crippen molar-refractivity contribution >= 4 is 6.21 Å². The minimum absolute atomic E-state index is 0.0518. The van der Waals surface area contributed by atoms with E-state index >= 15 is 0 Å². The molecule has 0 fully saturated rings. The Bertz CT molecular complexity index is 339. The third-order valence-electron chi connectivity index (χ3n) is 1.79. The standard InChI is InChI=1S/C11H13F2NO/c1-2-3-6-14-15-8-9-7-10(12)4-5-11(9)13/h4-7H,2-3,8H2,1H3. The Kier molecular flexibility index (Phi) is 4.74. The smallest absolute Gasteiger partial charge is 0.145 e. The molecular formula is C11H13F2NO. The largest absolute Gasteiger partial charge is 0.391 e. The molecule has 4 heteroatoms. The summed E-state index contributed by atoms with van der Waals surface area (Å²) < 4.78 is 25.8. The van der Waals surface area contributed by atoms with Crippen molar-refractivity contribution in [2.45, 2.75) is 26.4 Å². The van der Waals surface area contributed by atoms with Crippen LogP contribution in [0.3, 0.4) is 0 Å². The molecule has 0 amide bonds. The molecule has 0 aliphatic rings. The quantitative estimate of drug-likeness (QED) is 0.543. The van der Waals surface area contributed by atoms with Gasteiger partial charge in [0.25, 0.3) is 0 Å². The van der Waals surface area contributed by atoms with Crippen LogP contribution in [-0.2, 0) is 11.4 Å². The number of hydrogen-bond donors (Lipinski definition) is 0. The maximum Gasteiger partial charge on any atom is 0.145 e. The minimum Gasteiger partial charge on any atom is -0.391 e. The molecule has 0 spiro atoms. The van der Waals surface area contributed by atoms with Crippen molar-refractivity contribution in [3.05, 3.63) is 35.4 Å². The van der Waals surface area contributed by atoms with Gasteiger partial charge in [-0.15, -0.1) is 0 Å². The normalized spacial score (nSPS) is 10.9. The summed E-state index contributed by atoms with van der Waals surface area (Å²) in [6.07, 6.45) is 3.39. The summed E-state index contributed by atoms with van der Waals surface area (Å²) in [5.74, 6) is -0.963. The van der Waals surface area contributed by atoms with E-state index < -0.39 is 11.6 Å². The molecule has 0 aromatic heterocycles. The molecular weight excluding hydrogens is 200 g/mol. The van der Waals surface area contributed by atoms with Crippen LogP contribution in [0.2, 0.25) is 0 Å². The van der Waals surface area contributed by atoms with E-state index in [1.54, 1.807) is 6.21 Å². The van der Waals surface area contributed by atoms with E-state index in [-0.39, 0.29) is 12.2 Å². The van der Waals surface area contributed by atoms with Crippen LogP contribution in [0.15, 0.2) is 23.4 Å². The number of oxime groups is 1. The molecule has 0 saturated heterocycles. The third kappa shape index (κ3) is 4.06. The van der Waals surface area contributed by atoms with Crippen molar-refractivity contribution < 1.29 is 13.6 Å². The first kappa shape index (κ1) is 11.6. The summed E-state index contributed by atoms with van der Waals surface area (Å²) in [6.45, 7) is 1.96. The minimum atomic E-state index is -0.484. The summed E-state index contributed by atoms with van der Waals surface area (Å²) in [4.78, 5) is 4.82. The number of benzene rings is 1. The van der Waals surface area contributed by atoms with Crippen molar-refractivity contribution in [3.63, 3.8) is 0 Å². The zero-order valence-electron chi connectivity index (χ0n) is 8.54.